The highest BCUT2D eigenvalue weighted by molar-refractivity contribution is 6.40. The van der Waals surface area contributed by atoms with Gasteiger partial charge in [-0.25, -0.2) is 4.79 Å². The Morgan fingerprint density at radius 2 is 1.88 bits per heavy atom. The van der Waals surface area contributed by atoms with Crippen molar-refractivity contribution in [2.75, 3.05) is 12.4 Å². The predicted octanol–water partition coefficient (Wildman–Crippen LogP) is 1.60. The van der Waals surface area contributed by atoms with Crippen molar-refractivity contribution in [2.45, 2.75) is 33.0 Å². The highest BCUT2D eigenvalue weighted by Gasteiger charge is 2.22. The molecular formula is C17H21N3O5. The Bertz CT molecular complexity index is 833. The lowest BCUT2D eigenvalue weighted by Crippen LogP contribution is -2.32. The van der Waals surface area contributed by atoms with Gasteiger partial charge in [0.2, 0.25) is 0 Å². The summed E-state index contributed by atoms with van der Waals surface area (Å²) in [5.41, 5.74) is 0.665. The van der Waals surface area contributed by atoms with Gasteiger partial charge in [-0.15, -0.1) is 0 Å². The Kier molecular flexibility index (Phi) is 5.13. The van der Waals surface area contributed by atoms with E-state index in [0.717, 1.165) is 0 Å². The van der Waals surface area contributed by atoms with Crippen LogP contribution in [-0.2, 0) is 20.9 Å². The number of nitrogens with zero attached hydrogens (tertiary/aromatic N) is 1. The van der Waals surface area contributed by atoms with Crippen LogP contribution in [0.3, 0.4) is 0 Å². The van der Waals surface area contributed by atoms with Crippen LogP contribution in [0.4, 0.5) is 10.5 Å². The van der Waals surface area contributed by atoms with Gasteiger partial charge in [-0.3, -0.25) is 14.2 Å². The molecule has 134 valence electrons. The number of carbonyl (C=O) groups is 3. The Morgan fingerprint density at radius 3 is 2.44 bits per heavy atom. The third-order valence-electron chi connectivity index (χ3n) is 3.32. The summed E-state index contributed by atoms with van der Waals surface area (Å²) in [5.74, 6) is -1.67. The maximum Gasteiger partial charge on any atom is 0.419 e. The molecule has 3 N–H and O–H groups in total. The van der Waals surface area contributed by atoms with E-state index in [2.05, 4.69) is 10.6 Å². The van der Waals surface area contributed by atoms with Crippen LogP contribution in [0.25, 0.3) is 10.9 Å². The van der Waals surface area contributed by atoms with E-state index in [0.29, 0.717) is 16.5 Å². The van der Waals surface area contributed by atoms with Crippen LogP contribution >= 0.6 is 0 Å². The molecule has 0 fully saturated rings. The number of carbonyl (C=O) groups excluding carboxylic acids is 3. The minimum Gasteiger partial charge on any atom is -0.443 e. The van der Waals surface area contributed by atoms with Crippen molar-refractivity contribution < 1.29 is 24.2 Å². The Balaban J connectivity index is 2.51. The molecule has 0 aliphatic carbocycles. The van der Waals surface area contributed by atoms with Crippen LogP contribution in [0.15, 0.2) is 24.4 Å². The number of aromatic nitrogens is 1. The van der Waals surface area contributed by atoms with E-state index in [4.69, 9.17) is 4.74 Å². The molecule has 0 atom stereocenters. The number of hydrogen-bond donors (Lipinski definition) is 3. The summed E-state index contributed by atoms with van der Waals surface area (Å²) in [6, 6.07) is 4.93. The molecule has 2 aromatic rings. The fourth-order valence-electron chi connectivity index (χ4n) is 2.23. The summed E-state index contributed by atoms with van der Waals surface area (Å²) < 4.78 is 6.61. The first-order valence-electron chi connectivity index (χ1n) is 7.67. The summed E-state index contributed by atoms with van der Waals surface area (Å²) in [6.45, 7) is 5.04. The second kappa shape index (κ2) is 6.94. The summed E-state index contributed by atoms with van der Waals surface area (Å²) in [6.07, 6.45) is 0.774. The van der Waals surface area contributed by atoms with Crippen molar-refractivity contribution in [1.29, 1.82) is 0 Å². The Labute approximate surface area is 144 Å². The van der Waals surface area contributed by atoms with Gasteiger partial charge in [-0.1, -0.05) is 6.07 Å². The zero-order valence-corrected chi connectivity index (χ0v) is 14.5. The van der Waals surface area contributed by atoms with E-state index in [-0.39, 0.29) is 12.3 Å². The van der Waals surface area contributed by atoms with Gasteiger partial charge in [-0.2, -0.15) is 0 Å². The van der Waals surface area contributed by atoms with Crippen LogP contribution in [0, 0.1) is 0 Å². The van der Waals surface area contributed by atoms with Gasteiger partial charge in [0.25, 0.3) is 0 Å². The number of amides is 2. The molecular weight excluding hydrogens is 326 g/mol. The summed E-state index contributed by atoms with van der Waals surface area (Å²) >= 11 is 0. The number of aliphatic hydroxyl groups excluding tert-OH is 1. The molecule has 2 amide bonds. The molecule has 0 bridgehead atoms. The molecule has 1 aromatic carbocycles. The topological polar surface area (TPSA) is 110 Å². The first kappa shape index (κ1) is 18.5. The van der Waals surface area contributed by atoms with Crippen molar-refractivity contribution in [3.63, 3.8) is 0 Å². The van der Waals surface area contributed by atoms with Crippen molar-refractivity contribution in [2.24, 2.45) is 0 Å². The minimum atomic E-state index is -0.861. The van der Waals surface area contributed by atoms with E-state index >= 15 is 0 Å². The van der Waals surface area contributed by atoms with Crippen LogP contribution in [0.5, 0.6) is 0 Å². The first-order valence-corrected chi connectivity index (χ1v) is 7.67. The molecule has 0 unspecified atom stereocenters. The Hall–Kier alpha value is -2.87. The number of ether oxygens (including phenoxy) is 1. The van der Waals surface area contributed by atoms with Gasteiger partial charge in [-0.05, 0) is 38.5 Å². The fourth-order valence-corrected chi connectivity index (χ4v) is 2.23. The molecule has 1 aromatic heterocycles. The average Bonchev–Trinajstić information content (AvgIpc) is 2.90. The summed E-state index contributed by atoms with van der Waals surface area (Å²) in [5, 5.41) is 14.5. The van der Waals surface area contributed by atoms with Gasteiger partial charge in [0.15, 0.2) is 0 Å². The molecule has 2 rings (SSSR count). The zero-order chi connectivity index (χ0) is 18.8. The largest absolute Gasteiger partial charge is 0.443 e. The highest BCUT2D eigenvalue weighted by atomic mass is 16.6. The third-order valence-corrected chi connectivity index (χ3v) is 3.32. The second-order valence-corrected chi connectivity index (χ2v) is 6.44. The number of likely N-dealkylation sites (N-methyl/N-ethyl adjacent to an activating group) is 1. The molecule has 0 saturated heterocycles. The minimum absolute atomic E-state index is 0.198. The van der Waals surface area contributed by atoms with Gasteiger partial charge >= 0.3 is 17.9 Å². The van der Waals surface area contributed by atoms with Gasteiger partial charge in [0, 0.05) is 18.6 Å². The van der Waals surface area contributed by atoms with E-state index in [1.54, 1.807) is 39.0 Å². The zero-order valence-electron chi connectivity index (χ0n) is 14.5. The molecule has 0 spiro atoms. The smallest absolute Gasteiger partial charge is 0.419 e. The average molecular weight is 347 g/mol. The molecule has 1 heterocycles. The van der Waals surface area contributed by atoms with Gasteiger partial charge in [0.05, 0.1) is 17.8 Å². The SMILES string of the molecule is CNC(=O)C(=O)Nc1cn(C(=O)OC(C)(C)C)c2ccc(CO)cc12. The van der Waals surface area contributed by atoms with Crippen molar-refractivity contribution in [3.05, 3.63) is 30.0 Å². The van der Waals surface area contributed by atoms with Crippen LogP contribution < -0.4 is 10.6 Å². The van der Waals surface area contributed by atoms with Crippen molar-refractivity contribution >= 4 is 34.5 Å². The molecule has 0 aliphatic rings. The predicted molar refractivity (Wildman–Crippen MR) is 92.2 cm³/mol. The van der Waals surface area contributed by atoms with E-state index in [1.165, 1.54) is 17.8 Å². The lowest BCUT2D eigenvalue weighted by molar-refractivity contribution is -0.135. The lowest BCUT2D eigenvalue weighted by Gasteiger charge is -2.19. The maximum absolute atomic E-state index is 12.4. The van der Waals surface area contributed by atoms with E-state index < -0.39 is 23.5 Å². The van der Waals surface area contributed by atoms with E-state index in [9.17, 15) is 19.5 Å². The van der Waals surface area contributed by atoms with Crippen LogP contribution in [-0.4, -0.2) is 40.2 Å². The molecule has 0 aliphatic heterocycles. The molecule has 25 heavy (non-hydrogen) atoms. The van der Waals surface area contributed by atoms with E-state index in [1.807, 2.05) is 0 Å². The van der Waals surface area contributed by atoms with Gasteiger partial charge in [0.1, 0.15) is 5.60 Å². The number of anilines is 1. The van der Waals surface area contributed by atoms with Crippen LogP contribution in [0.1, 0.15) is 26.3 Å². The molecule has 0 saturated carbocycles. The maximum atomic E-state index is 12.4. The quantitative estimate of drug-likeness (QED) is 0.715. The third kappa shape index (κ3) is 4.16. The summed E-state index contributed by atoms with van der Waals surface area (Å²) in [4.78, 5) is 35.7. The van der Waals surface area contributed by atoms with Gasteiger partial charge < -0.3 is 20.5 Å². The number of aliphatic hydroxyl groups is 1. The monoisotopic (exact) mass is 347 g/mol. The van der Waals surface area contributed by atoms with Crippen molar-refractivity contribution in [3.8, 4) is 0 Å². The standard InChI is InChI=1S/C17H21N3O5/c1-17(2,3)25-16(24)20-8-12(19-15(23)14(22)18-4)11-7-10(9-21)5-6-13(11)20/h5-8,21H,9H2,1-4H3,(H,18,22)(H,19,23). The fraction of sp³-hybridized carbons (Fsp3) is 0.353. The Morgan fingerprint density at radius 1 is 1.20 bits per heavy atom. The number of nitrogens with one attached hydrogen (secondary N) is 2. The highest BCUT2D eigenvalue weighted by Crippen LogP contribution is 2.28. The summed E-state index contributed by atoms with van der Waals surface area (Å²) in [7, 11) is 1.34. The first-order chi connectivity index (χ1) is 11.7. The molecule has 8 heteroatoms. The molecule has 0 radical (unpaired) electrons. The number of benzene rings is 1. The number of fused-ring (bicyclic) bond motifs is 1. The van der Waals surface area contributed by atoms with Crippen LogP contribution in [0.2, 0.25) is 0 Å². The number of hydrogen-bond acceptors (Lipinski definition) is 5. The number of rotatable bonds is 2. The molecule has 8 nitrogen and oxygen atoms in total. The lowest BCUT2D eigenvalue weighted by atomic mass is 10.1. The second-order valence-electron chi connectivity index (χ2n) is 6.44. The normalized spacial score (nSPS) is 11.2. The van der Waals surface area contributed by atoms with Crippen molar-refractivity contribution in [1.82, 2.24) is 9.88 Å².